The van der Waals surface area contributed by atoms with Crippen molar-refractivity contribution in [1.29, 1.82) is 0 Å². The van der Waals surface area contributed by atoms with Crippen LogP contribution in [0.3, 0.4) is 0 Å². The van der Waals surface area contributed by atoms with Crippen LogP contribution in [0.4, 0.5) is 10.1 Å². The standard InChI is InChI=1S/C33H42FN3O4S/c1-7-25(6)35-33(39)31(8-2)36(21-26-11-15-28(34)16-12-26)32(38)22-37(29-17-13-27(14-18-29)23(3)4)42(40,41)30-19-9-24(5)10-20-30/h9-20,23,25,31H,7-8,21-22H2,1-6H3,(H,35,39). The number of anilines is 1. The van der Waals surface area contributed by atoms with E-state index in [1.54, 1.807) is 43.3 Å². The minimum absolute atomic E-state index is 0.0102. The van der Waals surface area contributed by atoms with E-state index in [1.807, 2.05) is 46.8 Å². The molecule has 2 amide bonds. The largest absolute Gasteiger partial charge is 0.352 e. The quantitative estimate of drug-likeness (QED) is 0.256. The number of hydrogen-bond acceptors (Lipinski definition) is 4. The Balaban J connectivity index is 2.07. The van der Waals surface area contributed by atoms with E-state index in [2.05, 4.69) is 5.32 Å². The molecule has 2 atom stereocenters. The third-order valence-electron chi connectivity index (χ3n) is 7.39. The number of sulfonamides is 1. The third-order valence-corrected chi connectivity index (χ3v) is 9.18. The van der Waals surface area contributed by atoms with E-state index in [4.69, 9.17) is 0 Å². The van der Waals surface area contributed by atoms with Crippen molar-refractivity contribution in [1.82, 2.24) is 10.2 Å². The lowest BCUT2D eigenvalue weighted by Gasteiger charge is -2.33. The molecule has 3 aromatic rings. The first-order valence-corrected chi connectivity index (χ1v) is 15.8. The number of nitrogens with zero attached hydrogens (tertiary/aromatic N) is 2. The van der Waals surface area contributed by atoms with Gasteiger partial charge in [0.2, 0.25) is 11.8 Å². The van der Waals surface area contributed by atoms with Gasteiger partial charge in [-0.15, -0.1) is 0 Å². The number of amides is 2. The molecule has 42 heavy (non-hydrogen) atoms. The number of rotatable bonds is 13. The highest BCUT2D eigenvalue weighted by Crippen LogP contribution is 2.27. The molecular formula is C33H42FN3O4S. The van der Waals surface area contributed by atoms with Crippen LogP contribution in [0, 0.1) is 12.7 Å². The second kappa shape index (κ2) is 14.4. The van der Waals surface area contributed by atoms with Crippen molar-refractivity contribution in [3.8, 4) is 0 Å². The smallest absolute Gasteiger partial charge is 0.264 e. The molecule has 0 heterocycles. The molecular weight excluding hydrogens is 553 g/mol. The van der Waals surface area contributed by atoms with E-state index >= 15 is 0 Å². The summed E-state index contributed by atoms with van der Waals surface area (Å²) < 4.78 is 42.8. The predicted molar refractivity (Wildman–Crippen MR) is 165 cm³/mol. The Morgan fingerprint density at radius 2 is 1.45 bits per heavy atom. The third kappa shape index (κ3) is 8.18. The van der Waals surface area contributed by atoms with E-state index in [0.29, 0.717) is 24.1 Å². The number of carbonyl (C=O) groups excluding carboxylic acids is 2. The van der Waals surface area contributed by atoms with Crippen LogP contribution < -0.4 is 9.62 Å². The second-order valence-electron chi connectivity index (χ2n) is 11.0. The Labute approximate surface area is 249 Å². The molecule has 226 valence electrons. The molecule has 0 saturated heterocycles. The zero-order chi connectivity index (χ0) is 31.0. The van der Waals surface area contributed by atoms with Crippen molar-refractivity contribution in [3.05, 3.63) is 95.3 Å². The fraction of sp³-hybridized carbons (Fsp3) is 0.394. The lowest BCUT2D eigenvalue weighted by atomic mass is 10.0. The van der Waals surface area contributed by atoms with Gasteiger partial charge in [-0.1, -0.05) is 69.7 Å². The first kappa shape index (κ1) is 32.8. The summed E-state index contributed by atoms with van der Waals surface area (Å²) in [6.07, 6.45) is 1.02. The molecule has 0 bridgehead atoms. The summed E-state index contributed by atoms with van der Waals surface area (Å²) in [6.45, 7) is 11.1. The summed E-state index contributed by atoms with van der Waals surface area (Å²) >= 11 is 0. The number of nitrogens with one attached hydrogen (secondary N) is 1. The number of halogens is 1. The van der Waals surface area contributed by atoms with Crippen molar-refractivity contribution < 1.29 is 22.4 Å². The monoisotopic (exact) mass is 595 g/mol. The van der Waals surface area contributed by atoms with E-state index < -0.39 is 34.3 Å². The molecule has 0 aliphatic carbocycles. The molecule has 0 radical (unpaired) electrons. The van der Waals surface area contributed by atoms with Crippen molar-refractivity contribution in [3.63, 3.8) is 0 Å². The fourth-order valence-corrected chi connectivity index (χ4v) is 5.95. The molecule has 0 aliphatic heterocycles. The van der Waals surface area contributed by atoms with E-state index in [1.165, 1.54) is 29.2 Å². The Bertz CT molecular complexity index is 1440. The van der Waals surface area contributed by atoms with Crippen LogP contribution in [0.15, 0.2) is 77.7 Å². The van der Waals surface area contributed by atoms with Crippen LogP contribution in [0.1, 0.15) is 70.1 Å². The van der Waals surface area contributed by atoms with Gasteiger partial charge in [-0.2, -0.15) is 0 Å². The summed E-state index contributed by atoms with van der Waals surface area (Å²) in [5, 5.41) is 2.95. The van der Waals surface area contributed by atoms with Gasteiger partial charge < -0.3 is 10.2 Å². The van der Waals surface area contributed by atoms with Gasteiger partial charge in [0.05, 0.1) is 10.6 Å². The molecule has 0 saturated carbocycles. The molecule has 9 heteroatoms. The van der Waals surface area contributed by atoms with Crippen LogP contribution in [0.5, 0.6) is 0 Å². The average molecular weight is 596 g/mol. The SMILES string of the molecule is CCC(C)NC(=O)C(CC)N(Cc1ccc(F)cc1)C(=O)CN(c1ccc(C(C)C)cc1)S(=O)(=O)c1ccc(C)cc1. The van der Waals surface area contributed by atoms with Crippen molar-refractivity contribution in [2.75, 3.05) is 10.8 Å². The van der Waals surface area contributed by atoms with Crippen LogP contribution in [0.25, 0.3) is 0 Å². The van der Waals surface area contributed by atoms with Gasteiger partial charge in [0.1, 0.15) is 18.4 Å². The molecule has 0 spiro atoms. The Morgan fingerprint density at radius 1 is 0.857 bits per heavy atom. The van der Waals surface area contributed by atoms with E-state index in [0.717, 1.165) is 15.4 Å². The zero-order valence-corrected chi connectivity index (χ0v) is 26.1. The number of aryl methyl sites for hydroxylation is 1. The molecule has 0 aliphatic rings. The summed E-state index contributed by atoms with van der Waals surface area (Å²) in [4.78, 5) is 28.9. The van der Waals surface area contributed by atoms with Crippen LogP contribution in [-0.2, 0) is 26.2 Å². The molecule has 3 rings (SSSR count). The maximum Gasteiger partial charge on any atom is 0.264 e. The number of benzene rings is 3. The molecule has 1 N–H and O–H groups in total. The molecule has 7 nitrogen and oxygen atoms in total. The topological polar surface area (TPSA) is 86.8 Å². The maximum atomic E-state index is 14.1. The van der Waals surface area contributed by atoms with Crippen molar-refractivity contribution >= 4 is 27.5 Å². The maximum absolute atomic E-state index is 14.1. The normalized spacial score (nSPS) is 13.0. The van der Waals surface area contributed by atoms with Gasteiger partial charge in [-0.05, 0) is 80.1 Å². The number of hydrogen-bond donors (Lipinski definition) is 1. The molecule has 0 aromatic heterocycles. The first-order valence-electron chi connectivity index (χ1n) is 14.4. The van der Waals surface area contributed by atoms with Gasteiger partial charge in [0, 0.05) is 12.6 Å². The van der Waals surface area contributed by atoms with Crippen LogP contribution in [-0.4, -0.2) is 43.8 Å². The van der Waals surface area contributed by atoms with Gasteiger partial charge in [-0.25, -0.2) is 12.8 Å². The average Bonchev–Trinajstić information content (AvgIpc) is 2.96. The summed E-state index contributed by atoms with van der Waals surface area (Å²) in [6, 6.07) is 18.3. The highest BCUT2D eigenvalue weighted by molar-refractivity contribution is 7.92. The lowest BCUT2D eigenvalue weighted by Crippen LogP contribution is -2.53. The Kier molecular flexibility index (Phi) is 11.3. The van der Waals surface area contributed by atoms with Gasteiger partial charge >= 0.3 is 0 Å². The van der Waals surface area contributed by atoms with Crippen molar-refractivity contribution in [2.24, 2.45) is 0 Å². The first-order chi connectivity index (χ1) is 19.9. The Morgan fingerprint density at radius 3 is 1.98 bits per heavy atom. The van der Waals surface area contributed by atoms with Crippen LogP contribution >= 0.6 is 0 Å². The minimum Gasteiger partial charge on any atom is -0.352 e. The summed E-state index contributed by atoms with van der Waals surface area (Å²) in [5.74, 6) is -1.05. The summed E-state index contributed by atoms with van der Waals surface area (Å²) in [7, 11) is -4.15. The second-order valence-corrected chi connectivity index (χ2v) is 12.8. The molecule has 2 unspecified atom stereocenters. The molecule has 0 fully saturated rings. The molecule has 3 aromatic carbocycles. The minimum atomic E-state index is -4.15. The fourth-order valence-electron chi connectivity index (χ4n) is 4.54. The van der Waals surface area contributed by atoms with Crippen molar-refractivity contribution in [2.45, 2.75) is 83.8 Å². The van der Waals surface area contributed by atoms with Gasteiger partial charge in [-0.3, -0.25) is 13.9 Å². The Hall–Kier alpha value is -3.72. The highest BCUT2D eigenvalue weighted by atomic mass is 32.2. The van der Waals surface area contributed by atoms with Gasteiger partial charge in [0.25, 0.3) is 10.0 Å². The van der Waals surface area contributed by atoms with Gasteiger partial charge in [0.15, 0.2) is 0 Å². The lowest BCUT2D eigenvalue weighted by molar-refractivity contribution is -0.140. The zero-order valence-electron chi connectivity index (χ0n) is 25.3. The van der Waals surface area contributed by atoms with E-state index in [-0.39, 0.29) is 29.3 Å². The number of carbonyl (C=O) groups is 2. The predicted octanol–water partition coefficient (Wildman–Crippen LogP) is 6.17. The highest BCUT2D eigenvalue weighted by Gasteiger charge is 2.34. The van der Waals surface area contributed by atoms with Crippen LogP contribution in [0.2, 0.25) is 0 Å². The van der Waals surface area contributed by atoms with E-state index in [9.17, 15) is 22.4 Å². The summed E-state index contributed by atoms with van der Waals surface area (Å²) in [5.41, 5.74) is 2.89.